The summed E-state index contributed by atoms with van der Waals surface area (Å²) in [5.41, 5.74) is 1.69. The van der Waals surface area contributed by atoms with Crippen LogP contribution in [0.15, 0.2) is 29.8 Å². The van der Waals surface area contributed by atoms with Crippen LogP contribution in [-0.2, 0) is 54.2 Å². The predicted octanol–water partition coefficient (Wildman–Crippen LogP) is 8.01. The Bertz CT molecular complexity index is 2020. The third kappa shape index (κ3) is 10.6. The van der Waals surface area contributed by atoms with Gasteiger partial charge in [0.2, 0.25) is 11.8 Å². The highest BCUT2D eigenvalue weighted by molar-refractivity contribution is 5.94. The number of hydrogen-bond acceptors (Lipinski definition) is 12. The topological polar surface area (TPSA) is 174 Å². The molecule has 2 amide bonds. The summed E-state index contributed by atoms with van der Waals surface area (Å²) in [6.45, 7) is 16.6. The van der Waals surface area contributed by atoms with Crippen molar-refractivity contribution in [2.45, 2.75) is 231 Å². The van der Waals surface area contributed by atoms with Crippen LogP contribution in [0.4, 0.5) is 0 Å². The molecule has 3 saturated carbocycles. The van der Waals surface area contributed by atoms with Crippen LogP contribution in [0.1, 0.15) is 176 Å². The molecule has 1 aromatic carbocycles. The van der Waals surface area contributed by atoms with Crippen molar-refractivity contribution in [2.24, 2.45) is 22.7 Å². The zero-order valence-corrected chi connectivity index (χ0v) is 42.2. The van der Waals surface area contributed by atoms with Gasteiger partial charge in [-0.3, -0.25) is 24.0 Å². The van der Waals surface area contributed by atoms with E-state index in [1.54, 1.807) is 25.8 Å². The number of ether oxygens (including phenoxy) is 5. The van der Waals surface area contributed by atoms with Crippen LogP contribution in [0.2, 0.25) is 0 Å². The van der Waals surface area contributed by atoms with Crippen molar-refractivity contribution >= 4 is 29.8 Å². The second kappa shape index (κ2) is 20.4. The maximum Gasteiger partial charge on any atom is 0.327 e. The number of aliphatic hydroxyl groups is 1. The van der Waals surface area contributed by atoms with Gasteiger partial charge < -0.3 is 39.4 Å². The first-order valence-electron chi connectivity index (χ1n) is 26.2. The summed E-state index contributed by atoms with van der Waals surface area (Å²) in [6.07, 6.45) is 12.8. The molecule has 4 saturated heterocycles. The number of carbonyl (C=O) groups excluding carboxylic acids is 4. The average molecular weight is 948 g/mol. The Labute approximate surface area is 404 Å². The first-order chi connectivity index (χ1) is 32.3. The van der Waals surface area contributed by atoms with Gasteiger partial charge in [0.1, 0.15) is 35.4 Å². The van der Waals surface area contributed by atoms with Crippen LogP contribution < -0.4 is 10.6 Å². The number of aliphatic hydroxyl groups excluding tert-OH is 1. The maximum absolute atomic E-state index is 15.1. The SMILES string of the molecule is CCCCCC1(CCCCC)O[C@@H]2[C@H]3ON(Cc4ccccc4C=C4CCC5O[C@]5(C)CC[C@@H]5[C@@H]4CC5(C)C)[C@H]4C(=O)OC(CC34C(=O)NCCC(=O)N[C@H](CO)CCC(=O)OC(C)(C)C)[C@@H]2O1. The Morgan fingerprint density at radius 3 is 2.37 bits per heavy atom. The van der Waals surface area contributed by atoms with Gasteiger partial charge in [-0.05, 0) is 107 Å². The Morgan fingerprint density at radius 1 is 0.956 bits per heavy atom. The molecule has 4 heterocycles. The highest BCUT2D eigenvalue weighted by atomic mass is 16.8. The Balaban J connectivity index is 1.05. The van der Waals surface area contributed by atoms with Gasteiger partial charge in [0, 0.05) is 38.6 Å². The van der Waals surface area contributed by atoms with Gasteiger partial charge in [-0.25, -0.2) is 0 Å². The minimum absolute atomic E-state index is 0.0130. The number of hydroxylamine groups is 2. The quantitative estimate of drug-likeness (QED) is 0.0654. The number of esters is 2. The maximum atomic E-state index is 15.1. The molecule has 11 atom stereocenters. The second-order valence-electron chi connectivity index (χ2n) is 23.1. The summed E-state index contributed by atoms with van der Waals surface area (Å²) in [7, 11) is 0. The fourth-order valence-corrected chi connectivity index (χ4v) is 12.7. The van der Waals surface area contributed by atoms with Gasteiger partial charge in [-0.2, -0.15) is 5.06 Å². The number of nitrogens with zero attached hydrogens (tertiary/aromatic N) is 1. The summed E-state index contributed by atoms with van der Waals surface area (Å²) < 4.78 is 32.1. The lowest BCUT2D eigenvalue weighted by molar-refractivity contribution is -0.224. The number of unbranched alkanes of at least 4 members (excludes halogenated alkanes) is 4. The highest BCUT2D eigenvalue weighted by Gasteiger charge is 2.76. The van der Waals surface area contributed by atoms with Crippen LogP contribution >= 0.6 is 0 Å². The summed E-state index contributed by atoms with van der Waals surface area (Å²) >= 11 is 0. The Kier molecular flexibility index (Phi) is 15.3. The van der Waals surface area contributed by atoms with E-state index in [-0.39, 0.29) is 62.5 Å². The van der Waals surface area contributed by atoms with E-state index in [0.717, 1.165) is 81.8 Å². The molecule has 7 fully saturated rings. The van der Waals surface area contributed by atoms with Gasteiger partial charge in [0.25, 0.3) is 0 Å². The zero-order chi connectivity index (χ0) is 48.6. The van der Waals surface area contributed by atoms with E-state index in [0.29, 0.717) is 24.7 Å². The van der Waals surface area contributed by atoms with Crippen molar-refractivity contribution in [3.8, 4) is 0 Å². The molecule has 8 rings (SSSR count). The molecule has 14 nitrogen and oxygen atoms in total. The van der Waals surface area contributed by atoms with E-state index in [4.69, 9.17) is 28.5 Å². The van der Waals surface area contributed by atoms with E-state index < -0.39 is 77.1 Å². The van der Waals surface area contributed by atoms with Crippen LogP contribution in [0, 0.1) is 22.7 Å². The molecule has 0 radical (unpaired) electrons. The van der Waals surface area contributed by atoms with Gasteiger partial charge in [0.15, 0.2) is 11.8 Å². The summed E-state index contributed by atoms with van der Waals surface area (Å²) in [4.78, 5) is 62.3. The minimum atomic E-state index is -1.40. The molecule has 14 heteroatoms. The fourth-order valence-electron chi connectivity index (χ4n) is 12.7. The Hall–Kier alpha value is -3.40. The second-order valence-corrected chi connectivity index (χ2v) is 23.1. The van der Waals surface area contributed by atoms with Crippen molar-refractivity contribution in [1.29, 1.82) is 0 Å². The predicted molar refractivity (Wildman–Crippen MR) is 255 cm³/mol. The molecule has 378 valence electrons. The smallest absolute Gasteiger partial charge is 0.327 e. The average Bonchev–Trinajstić information content (AvgIpc) is 3.55. The number of rotatable bonds is 20. The number of amides is 2. The molecular formula is C54H81N3O11. The van der Waals surface area contributed by atoms with Crippen LogP contribution in [-0.4, -0.2) is 107 Å². The number of epoxide rings is 1. The van der Waals surface area contributed by atoms with Crippen LogP contribution in [0.5, 0.6) is 0 Å². The number of nitrogens with one attached hydrogen (secondary N) is 2. The van der Waals surface area contributed by atoms with E-state index in [1.807, 2.05) is 6.07 Å². The van der Waals surface area contributed by atoms with Crippen molar-refractivity contribution in [3.63, 3.8) is 0 Å². The summed E-state index contributed by atoms with van der Waals surface area (Å²) in [6, 6.07) is 6.53. The fraction of sp³-hybridized carbons (Fsp3) is 0.778. The summed E-state index contributed by atoms with van der Waals surface area (Å²) in [5, 5.41) is 17.5. The van der Waals surface area contributed by atoms with Crippen molar-refractivity contribution in [3.05, 3.63) is 41.0 Å². The highest BCUT2D eigenvalue weighted by Crippen LogP contribution is 2.61. The molecule has 1 aromatic rings. The van der Waals surface area contributed by atoms with E-state index in [1.165, 1.54) is 5.57 Å². The number of hydrogen-bond donors (Lipinski definition) is 3. The molecule has 3 N–H and O–H groups in total. The lowest BCUT2D eigenvalue weighted by atomic mass is 9.52. The molecule has 0 aromatic heterocycles. The molecule has 3 aliphatic carbocycles. The Morgan fingerprint density at radius 2 is 1.68 bits per heavy atom. The van der Waals surface area contributed by atoms with E-state index in [9.17, 15) is 19.5 Å². The molecule has 68 heavy (non-hydrogen) atoms. The largest absolute Gasteiger partial charge is 0.460 e. The van der Waals surface area contributed by atoms with E-state index in [2.05, 4.69) is 69.5 Å². The first-order valence-corrected chi connectivity index (χ1v) is 26.2. The van der Waals surface area contributed by atoms with Gasteiger partial charge in [0.05, 0.1) is 30.9 Å². The first kappa shape index (κ1) is 51.0. The molecule has 7 aliphatic rings. The number of benzene rings is 1. The molecule has 0 spiro atoms. The van der Waals surface area contributed by atoms with Crippen molar-refractivity contribution in [1.82, 2.24) is 15.7 Å². The third-order valence-corrected chi connectivity index (χ3v) is 16.5. The molecule has 3 unspecified atom stereocenters. The van der Waals surface area contributed by atoms with Gasteiger partial charge >= 0.3 is 11.9 Å². The van der Waals surface area contributed by atoms with E-state index >= 15 is 4.79 Å². The summed E-state index contributed by atoms with van der Waals surface area (Å²) in [5.74, 6) is -1.57. The minimum Gasteiger partial charge on any atom is -0.460 e. The zero-order valence-electron chi connectivity index (χ0n) is 42.2. The van der Waals surface area contributed by atoms with Crippen LogP contribution in [0.25, 0.3) is 6.08 Å². The van der Waals surface area contributed by atoms with Crippen LogP contribution in [0.3, 0.4) is 0 Å². The number of allylic oxidation sites excluding steroid dienone is 1. The van der Waals surface area contributed by atoms with Gasteiger partial charge in [-0.15, -0.1) is 0 Å². The third-order valence-electron chi connectivity index (χ3n) is 16.5. The normalized spacial score (nSPS) is 34.2. The van der Waals surface area contributed by atoms with Crippen molar-refractivity contribution in [2.75, 3.05) is 13.2 Å². The van der Waals surface area contributed by atoms with Gasteiger partial charge in [-0.1, -0.05) is 89.3 Å². The number of fused-ring (bicyclic) bond motifs is 6. The number of carbonyl (C=O) groups is 4. The lowest BCUT2D eigenvalue weighted by Gasteiger charge is -2.53. The molecular weight excluding hydrogens is 867 g/mol. The van der Waals surface area contributed by atoms with Crippen molar-refractivity contribution < 1.29 is 52.8 Å². The lowest BCUT2D eigenvalue weighted by Crippen LogP contribution is -2.69. The standard InChI is InChI=1S/C54H81N3O11/c1-9-11-15-25-53(26-16-12-10-2)66-44-40-31-54(49(62)55-28-24-42(59)56-37(33-58)20-22-43(60)65-50(3,4)5)46(48(61)63-40)57(68-47(54)45(44)67-53)32-36-18-14-13-17-34(36)29-35-19-21-41-52(8,64-41)27-23-39-38(35)30-51(39,6)7/h13-14,17-18,29,37-41,44-47,58H,9-12,15-16,19-28,30-33H2,1-8H3,(H,55,62)(H,56,59)/t37-,38+,39+,40?,41?,44-,45-,46-,47+,52+,54?/m0/s1. The monoisotopic (exact) mass is 948 g/mol. The molecule has 2 bridgehead atoms. The molecule has 4 aliphatic heterocycles.